The first-order valence-corrected chi connectivity index (χ1v) is 8.21. The molecular formula is C17H13FIN3. The summed E-state index contributed by atoms with van der Waals surface area (Å²) < 4.78 is 14.5. The Morgan fingerprint density at radius 3 is 2.82 bits per heavy atom. The average Bonchev–Trinajstić information content (AvgIpc) is 2.89. The highest BCUT2D eigenvalue weighted by Crippen LogP contribution is 2.27. The fourth-order valence-electron chi connectivity index (χ4n) is 3.03. The van der Waals surface area contributed by atoms with Crippen molar-refractivity contribution in [3.63, 3.8) is 0 Å². The molecule has 1 N–H and O–H groups in total. The van der Waals surface area contributed by atoms with Crippen LogP contribution in [0, 0.1) is 9.39 Å². The molecule has 1 atom stereocenters. The Bertz CT molecular complexity index is 866. The molecule has 22 heavy (non-hydrogen) atoms. The Labute approximate surface area is 141 Å². The van der Waals surface area contributed by atoms with Crippen LogP contribution in [0.5, 0.6) is 0 Å². The molecule has 1 aliphatic carbocycles. The van der Waals surface area contributed by atoms with E-state index in [9.17, 15) is 4.39 Å². The second-order valence-corrected chi connectivity index (χ2v) is 6.79. The van der Waals surface area contributed by atoms with E-state index in [0.717, 1.165) is 38.7 Å². The van der Waals surface area contributed by atoms with Crippen LogP contribution in [0.4, 0.5) is 10.2 Å². The second kappa shape index (κ2) is 5.46. The summed E-state index contributed by atoms with van der Waals surface area (Å²) in [6, 6.07) is 11.4. The lowest BCUT2D eigenvalue weighted by Crippen LogP contribution is -2.20. The van der Waals surface area contributed by atoms with Crippen molar-refractivity contribution in [1.29, 1.82) is 0 Å². The van der Waals surface area contributed by atoms with Crippen LogP contribution < -0.4 is 5.32 Å². The molecule has 1 heterocycles. The molecular weight excluding hydrogens is 392 g/mol. The molecule has 0 fully saturated rings. The fourth-order valence-corrected chi connectivity index (χ4v) is 3.52. The van der Waals surface area contributed by atoms with Gasteiger partial charge in [-0.25, -0.2) is 14.4 Å². The summed E-state index contributed by atoms with van der Waals surface area (Å²) in [5.74, 6) is 0.684. The van der Waals surface area contributed by atoms with E-state index in [-0.39, 0.29) is 11.9 Å². The van der Waals surface area contributed by atoms with Crippen LogP contribution in [0.3, 0.4) is 0 Å². The molecule has 0 bridgehead atoms. The van der Waals surface area contributed by atoms with Crippen molar-refractivity contribution >= 4 is 39.3 Å². The zero-order chi connectivity index (χ0) is 15.1. The molecule has 0 radical (unpaired) electrons. The van der Waals surface area contributed by atoms with Crippen LogP contribution in [-0.4, -0.2) is 16.0 Å². The van der Waals surface area contributed by atoms with E-state index in [0.29, 0.717) is 0 Å². The molecule has 5 heteroatoms. The number of hydrogen-bond donors (Lipinski definition) is 1. The van der Waals surface area contributed by atoms with Gasteiger partial charge in [-0.1, -0.05) is 6.07 Å². The number of fused-ring (bicyclic) bond motifs is 2. The predicted molar refractivity (Wildman–Crippen MR) is 93.5 cm³/mol. The number of nitrogens with zero attached hydrogens (tertiary/aromatic N) is 2. The lowest BCUT2D eigenvalue weighted by molar-refractivity contribution is 0.625. The van der Waals surface area contributed by atoms with Crippen LogP contribution in [-0.2, 0) is 12.8 Å². The molecule has 1 aromatic heterocycles. The monoisotopic (exact) mass is 405 g/mol. The molecule has 2 aromatic carbocycles. The normalized spacial score (nSPS) is 16.7. The number of nitrogens with one attached hydrogen (secondary N) is 1. The van der Waals surface area contributed by atoms with Crippen LogP contribution in [0.2, 0.25) is 0 Å². The second-order valence-electron chi connectivity index (χ2n) is 5.55. The minimum absolute atomic E-state index is 0.165. The SMILES string of the molecule is Fc1ccc2c(c1)CC(Nc1ncnc3ccc(I)cc13)C2. The summed E-state index contributed by atoms with van der Waals surface area (Å²) in [5, 5.41) is 4.53. The van der Waals surface area contributed by atoms with Crippen molar-refractivity contribution in [2.24, 2.45) is 0 Å². The average molecular weight is 405 g/mol. The largest absolute Gasteiger partial charge is 0.366 e. The molecule has 0 amide bonds. The first-order chi connectivity index (χ1) is 10.7. The van der Waals surface area contributed by atoms with Crippen molar-refractivity contribution in [2.75, 3.05) is 5.32 Å². The molecule has 4 rings (SSSR count). The smallest absolute Gasteiger partial charge is 0.137 e. The summed E-state index contributed by atoms with van der Waals surface area (Å²) in [4.78, 5) is 8.70. The lowest BCUT2D eigenvalue weighted by atomic mass is 10.1. The van der Waals surface area contributed by atoms with E-state index in [4.69, 9.17) is 0 Å². The zero-order valence-corrected chi connectivity index (χ0v) is 13.8. The Morgan fingerprint density at radius 2 is 1.91 bits per heavy atom. The highest BCUT2D eigenvalue weighted by Gasteiger charge is 2.22. The van der Waals surface area contributed by atoms with Crippen LogP contribution in [0.1, 0.15) is 11.1 Å². The minimum atomic E-state index is -0.165. The molecule has 1 aliphatic rings. The van der Waals surface area contributed by atoms with E-state index >= 15 is 0 Å². The van der Waals surface area contributed by atoms with E-state index in [1.165, 1.54) is 11.6 Å². The van der Waals surface area contributed by atoms with Gasteiger partial charge < -0.3 is 5.32 Å². The van der Waals surface area contributed by atoms with Gasteiger partial charge in [0.2, 0.25) is 0 Å². The van der Waals surface area contributed by atoms with E-state index in [2.05, 4.69) is 43.9 Å². The highest BCUT2D eigenvalue weighted by molar-refractivity contribution is 14.1. The van der Waals surface area contributed by atoms with Crippen LogP contribution in [0.15, 0.2) is 42.7 Å². The van der Waals surface area contributed by atoms with Gasteiger partial charge in [0.15, 0.2) is 0 Å². The van der Waals surface area contributed by atoms with Crippen molar-refractivity contribution in [1.82, 2.24) is 9.97 Å². The number of rotatable bonds is 2. The highest BCUT2D eigenvalue weighted by atomic mass is 127. The van der Waals surface area contributed by atoms with Crippen molar-refractivity contribution in [3.05, 3.63) is 63.2 Å². The van der Waals surface area contributed by atoms with Gasteiger partial charge in [0.25, 0.3) is 0 Å². The number of halogens is 2. The van der Waals surface area contributed by atoms with E-state index in [1.807, 2.05) is 18.2 Å². The van der Waals surface area contributed by atoms with Crippen molar-refractivity contribution in [3.8, 4) is 0 Å². The molecule has 0 aliphatic heterocycles. The fraction of sp³-hybridized carbons (Fsp3) is 0.176. The summed E-state index contributed by atoms with van der Waals surface area (Å²) in [7, 11) is 0. The summed E-state index contributed by atoms with van der Waals surface area (Å²) in [6.45, 7) is 0. The molecule has 3 aromatic rings. The molecule has 1 unspecified atom stereocenters. The maximum atomic E-state index is 13.3. The van der Waals surface area contributed by atoms with Gasteiger partial charge in [0.1, 0.15) is 18.0 Å². The van der Waals surface area contributed by atoms with E-state index < -0.39 is 0 Å². The first-order valence-electron chi connectivity index (χ1n) is 7.13. The Morgan fingerprint density at radius 1 is 1.05 bits per heavy atom. The molecule has 110 valence electrons. The van der Waals surface area contributed by atoms with Gasteiger partial charge in [0, 0.05) is 15.0 Å². The van der Waals surface area contributed by atoms with Crippen LogP contribution >= 0.6 is 22.6 Å². The van der Waals surface area contributed by atoms with Crippen molar-refractivity contribution in [2.45, 2.75) is 18.9 Å². The van der Waals surface area contributed by atoms with Gasteiger partial charge in [-0.15, -0.1) is 0 Å². The number of aromatic nitrogens is 2. The van der Waals surface area contributed by atoms with Gasteiger partial charge in [0.05, 0.1) is 5.52 Å². The maximum absolute atomic E-state index is 13.3. The Kier molecular flexibility index (Phi) is 3.44. The number of hydrogen-bond acceptors (Lipinski definition) is 3. The van der Waals surface area contributed by atoms with Gasteiger partial charge in [-0.05, 0) is 76.9 Å². The lowest BCUT2D eigenvalue weighted by Gasteiger charge is -2.14. The Hall–Kier alpha value is -1.76. The number of anilines is 1. The van der Waals surface area contributed by atoms with Crippen LogP contribution in [0.25, 0.3) is 10.9 Å². The molecule has 0 spiro atoms. The predicted octanol–water partition coefficient (Wildman–Crippen LogP) is 3.95. The number of benzene rings is 2. The Balaban J connectivity index is 1.64. The summed E-state index contributed by atoms with van der Waals surface area (Å²) in [6.07, 6.45) is 3.30. The molecule has 3 nitrogen and oxygen atoms in total. The molecule has 0 saturated heterocycles. The minimum Gasteiger partial charge on any atom is -0.366 e. The topological polar surface area (TPSA) is 37.8 Å². The third-order valence-electron chi connectivity index (χ3n) is 4.04. The third kappa shape index (κ3) is 2.54. The summed E-state index contributed by atoms with van der Waals surface area (Å²) in [5.41, 5.74) is 3.23. The van der Waals surface area contributed by atoms with E-state index in [1.54, 1.807) is 12.4 Å². The van der Waals surface area contributed by atoms with Gasteiger partial charge >= 0.3 is 0 Å². The zero-order valence-electron chi connectivity index (χ0n) is 11.7. The maximum Gasteiger partial charge on any atom is 0.137 e. The standard InChI is InChI=1S/C17H13FIN3/c18-12-2-1-10-6-14(7-11(10)5-12)22-17-15-8-13(19)3-4-16(15)20-9-21-17/h1-5,8-9,14H,6-7H2,(H,20,21,22). The third-order valence-corrected chi connectivity index (χ3v) is 4.71. The quantitative estimate of drug-likeness (QED) is 0.657. The van der Waals surface area contributed by atoms with Gasteiger partial charge in [-0.3, -0.25) is 0 Å². The first kappa shape index (κ1) is 13.9. The molecule has 0 saturated carbocycles. The summed E-state index contributed by atoms with van der Waals surface area (Å²) >= 11 is 2.29. The van der Waals surface area contributed by atoms with Gasteiger partial charge in [-0.2, -0.15) is 0 Å². The van der Waals surface area contributed by atoms with Crippen molar-refractivity contribution < 1.29 is 4.39 Å².